The molecule has 0 aliphatic carbocycles. The van der Waals surface area contributed by atoms with Crippen LogP contribution >= 0.6 is 0 Å². The Kier molecular flexibility index (Phi) is 2.49. The van der Waals surface area contributed by atoms with Gasteiger partial charge in [-0.15, -0.1) is 0 Å². The van der Waals surface area contributed by atoms with Crippen molar-refractivity contribution in [2.45, 2.75) is 11.8 Å². The predicted octanol–water partition coefficient (Wildman–Crippen LogP) is -0.0319. The van der Waals surface area contributed by atoms with Gasteiger partial charge < -0.3 is 5.73 Å². The van der Waals surface area contributed by atoms with Crippen molar-refractivity contribution in [1.29, 1.82) is 0 Å². The third-order valence-electron chi connectivity index (χ3n) is 1.65. The molecule has 12 heavy (non-hydrogen) atoms. The van der Waals surface area contributed by atoms with Crippen molar-refractivity contribution in [2.24, 2.45) is 0 Å². The van der Waals surface area contributed by atoms with Crippen LogP contribution in [-0.4, -0.2) is 14.3 Å². The standard InChI is InChI=1S/C8H11NO2S/c1-7-2-4-8(5-3-7)12(10,11)6-9/h2-5H,6,9H2,1H3/p+1. The molecule has 1 aromatic carbocycles. The van der Waals surface area contributed by atoms with E-state index in [0.29, 0.717) is 4.90 Å². The van der Waals surface area contributed by atoms with Crippen LogP contribution < -0.4 is 5.73 Å². The number of quaternary nitrogens is 1. The highest BCUT2D eigenvalue weighted by Gasteiger charge is 2.12. The van der Waals surface area contributed by atoms with Crippen LogP contribution in [0.3, 0.4) is 0 Å². The maximum atomic E-state index is 11.2. The number of rotatable bonds is 2. The number of benzene rings is 1. The van der Waals surface area contributed by atoms with Gasteiger partial charge in [0.05, 0.1) is 4.90 Å². The molecule has 3 nitrogen and oxygen atoms in total. The summed E-state index contributed by atoms with van der Waals surface area (Å²) in [6, 6.07) is 6.77. The molecule has 66 valence electrons. The molecule has 0 atom stereocenters. The molecule has 0 aromatic heterocycles. The Labute approximate surface area is 72.1 Å². The molecular weight excluding hydrogens is 174 g/mol. The van der Waals surface area contributed by atoms with Crippen molar-refractivity contribution < 1.29 is 14.2 Å². The molecule has 3 N–H and O–H groups in total. The largest absolute Gasteiger partial charge is 0.345 e. The summed E-state index contributed by atoms with van der Waals surface area (Å²) < 4.78 is 22.5. The molecule has 0 aliphatic rings. The Hall–Kier alpha value is -0.870. The molecule has 0 amide bonds. The topological polar surface area (TPSA) is 61.8 Å². The average Bonchev–Trinajstić information content (AvgIpc) is 2.05. The zero-order chi connectivity index (χ0) is 9.19. The number of aryl methyl sites for hydroxylation is 1. The van der Waals surface area contributed by atoms with Crippen LogP contribution in [0.1, 0.15) is 5.56 Å². The average molecular weight is 186 g/mol. The van der Waals surface area contributed by atoms with Crippen molar-refractivity contribution in [3.63, 3.8) is 0 Å². The summed E-state index contributed by atoms with van der Waals surface area (Å²) in [6.45, 7) is 1.92. The van der Waals surface area contributed by atoms with Crippen LogP contribution in [0, 0.1) is 6.92 Å². The molecule has 1 rings (SSSR count). The van der Waals surface area contributed by atoms with Crippen LogP contribution in [0.15, 0.2) is 29.2 Å². The second-order valence-electron chi connectivity index (χ2n) is 2.63. The van der Waals surface area contributed by atoms with E-state index in [-0.39, 0.29) is 5.88 Å². The first-order valence-electron chi connectivity index (χ1n) is 3.65. The summed E-state index contributed by atoms with van der Waals surface area (Å²) >= 11 is 0. The monoisotopic (exact) mass is 186 g/mol. The van der Waals surface area contributed by atoms with Gasteiger partial charge in [-0.3, -0.25) is 0 Å². The van der Waals surface area contributed by atoms with Gasteiger partial charge in [0.25, 0.3) is 0 Å². The van der Waals surface area contributed by atoms with Crippen LogP contribution in [0.2, 0.25) is 0 Å². The zero-order valence-electron chi connectivity index (χ0n) is 6.95. The fourth-order valence-electron chi connectivity index (χ4n) is 0.863. The van der Waals surface area contributed by atoms with Gasteiger partial charge in [0.1, 0.15) is 0 Å². The van der Waals surface area contributed by atoms with Gasteiger partial charge in [0.15, 0.2) is 5.88 Å². The summed E-state index contributed by atoms with van der Waals surface area (Å²) in [5.41, 5.74) is 4.42. The first kappa shape index (κ1) is 9.22. The van der Waals surface area contributed by atoms with Crippen LogP contribution in [0.25, 0.3) is 0 Å². The van der Waals surface area contributed by atoms with Crippen molar-refractivity contribution in [3.05, 3.63) is 29.8 Å². The number of hydrogen-bond acceptors (Lipinski definition) is 2. The van der Waals surface area contributed by atoms with Gasteiger partial charge in [-0.25, -0.2) is 8.42 Å². The molecule has 0 fully saturated rings. The summed E-state index contributed by atoms with van der Waals surface area (Å²) in [6.07, 6.45) is 0. The van der Waals surface area contributed by atoms with Crippen molar-refractivity contribution in [2.75, 3.05) is 5.88 Å². The van der Waals surface area contributed by atoms with Crippen LogP contribution in [-0.2, 0) is 9.84 Å². The summed E-state index contributed by atoms with van der Waals surface area (Å²) in [5.74, 6) is -0.0872. The van der Waals surface area contributed by atoms with E-state index in [9.17, 15) is 8.42 Å². The van der Waals surface area contributed by atoms with Gasteiger partial charge in [-0.2, -0.15) is 0 Å². The van der Waals surface area contributed by atoms with E-state index in [1.807, 2.05) is 6.92 Å². The smallest absolute Gasteiger partial charge is 0.228 e. The molecule has 0 bridgehead atoms. The van der Waals surface area contributed by atoms with E-state index in [1.165, 1.54) is 0 Å². The van der Waals surface area contributed by atoms with Gasteiger partial charge in [-0.1, -0.05) is 17.7 Å². The first-order chi connectivity index (χ1) is 5.56. The van der Waals surface area contributed by atoms with E-state index in [2.05, 4.69) is 5.73 Å². The minimum atomic E-state index is -3.13. The maximum Gasteiger partial charge on any atom is 0.228 e. The van der Waals surface area contributed by atoms with Gasteiger partial charge in [0, 0.05) is 0 Å². The van der Waals surface area contributed by atoms with E-state index in [1.54, 1.807) is 24.3 Å². The third-order valence-corrected chi connectivity index (χ3v) is 3.18. The highest BCUT2D eigenvalue weighted by molar-refractivity contribution is 7.91. The molecule has 0 aliphatic heterocycles. The van der Waals surface area contributed by atoms with Gasteiger partial charge in [-0.05, 0) is 19.1 Å². The molecule has 0 saturated heterocycles. The Balaban J connectivity index is 3.14. The lowest BCUT2D eigenvalue weighted by Crippen LogP contribution is -2.53. The fraction of sp³-hybridized carbons (Fsp3) is 0.250. The van der Waals surface area contributed by atoms with Gasteiger partial charge in [0.2, 0.25) is 9.84 Å². The van der Waals surface area contributed by atoms with Crippen LogP contribution in [0.4, 0.5) is 0 Å². The Bertz CT molecular complexity index is 353. The second-order valence-corrected chi connectivity index (χ2v) is 4.74. The normalized spacial score (nSPS) is 11.5. The Morgan fingerprint density at radius 2 is 1.75 bits per heavy atom. The van der Waals surface area contributed by atoms with Crippen molar-refractivity contribution in [3.8, 4) is 0 Å². The lowest BCUT2D eigenvalue weighted by Gasteiger charge is -1.98. The maximum absolute atomic E-state index is 11.2. The van der Waals surface area contributed by atoms with E-state index >= 15 is 0 Å². The first-order valence-corrected chi connectivity index (χ1v) is 5.30. The van der Waals surface area contributed by atoms with Crippen LogP contribution in [0.5, 0.6) is 0 Å². The molecule has 1 aromatic rings. The fourth-order valence-corrected chi connectivity index (χ4v) is 1.65. The lowest BCUT2D eigenvalue weighted by molar-refractivity contribution is -0.340. The second kappa shape index (κ2) is 3.25. The van der Waals surface area contributed by atoms with Crippen molar-refractivity contribution >= 4 is 9.84 Å². The summed E-state index contributed by atoms with van der Waals surface area (Å²) in [7, 11) is -3.13. The predicted molar refractivity (Wildman–Crippen MR) is 46.1 cm³/mol. The Morgan fingerprint density at radius 3 is 2.17 bits per heavy atom. The highest BCUT2D eigenvalue weighted by atomic mass is 32.2. The number of sulfone groups is 1. The third kappa shape index (κ3) is 1.84. The van der Waals surface area contributed by atoms with E-state index in [4.69, 9.17) is 0 Å². The molecule has 0 radical (unpaired) electrons. The van der Waals surface area contributed by atoms with Gasteiger partial charge >= 0.3 is 0 Å². The number of hydrogen-bond donors (Lipinski definition) is 1. The van der Waals surface area contributed by atoms with E-state index < -0.39 is 9.84 Å². The minimum Gasteiger partial charge on any atom is -0.345 e. The molecule has 0 spiro atoms. The molecule has 0 saturated carbocycles. The quantitative estimate of drug-likeness (QED) is 0.705. The van der Waals surface area contributed by atoms with Crippen molar-refractivity contribution in [1.82, 2.24) is 0 Å². The minimum absolute atomic E-state index is 0.0872. The van der Waals surface area contributed by atoms with E-state index in [0.717, 1.165) is 5.56 Å². The lowest BCUT2D eigenvalue weighted by atomic mass is 10.2. The SMILES string of the molecule is Cc1ccc(S(=O)(=O)C[NH3+])cc1. The summed E-state index contributed by atoms with van der Waals surface area (Å²) in [5, 5.41) is 0. The Morgan fingerprint density at radius 1 is 1.25 bits per heavy atom. The zero-order valence-corrected chi connectivity index (χ0v) is 7.76. The molecule has 0 unspecified atom stereocenters. The highest BCUT2D eigenvalue weighted by Crippen LogP contribution is 2.09. The summed E-state index contributed by atoms with van der Waals surface area (Å²) in [4.78, 5) is 0.350. The molecule has 4 heteroatoms. The molecular formula is C8H12NO2S+. The molecule has 0 heterocycles.